The molecule has 1 aliphatic rings. The third-order valence-electron chi connectivity index (χ3n) is 3.56. The van der Waals surface area contributed by atoms with Crippen LogP contribution in [0.15, 0.2) is 24.3 Å². The van der Waals surface area contributed by atoms with E-state index in [0.717, 1.165) is 6.42 Å². The number of carbonyl (C=O) groups excluding carboxylic acids is 2. The SMILES string of the molecule is NC(=O)c1cccc(C(=O)NC2CCCC2C(=O)O)c1. The normalized spacial score (nSPS) is 21.4. The Hall–Kier alpha value is -2.37. The van der Waals surface area contributed by atoms with Gasteiger partial charge >= 0.3 is 5.97 Å². The number of hydrogen-bond acceptors (Lipinski definition) is 3. The van der Waals surface area contributed by atoms with Crippen molar-refractivity contribution in [3.63, 3.8) is 0 Å². The molecule has 1 saturated carbocycles. The Kier molecular flexibility index (Phi) is 4.02. The van der Waals surface area contributed by atoms with Crippen LogP contribution in [0.5, 0.6) is 0 Å². The first kappa shape index (κ1) is 14.0. The van der Waals surface area contributed by atoms with Gasteiger partial charge in [-0.05, 0) is 31.0 Å². The van der Waals surface area contributed by atoms with Gasteiger partial charge in [0.1, 0.15) is 0 Å². The van der Waals surface area contributed by atoms with Crippen LogP contribution in [0.25, 0.3) is 0 Å². The highest BCUT2D eigenvalue weighted by atomic mass is 16.4. The third-order valence-corrected chi connectivity index (χ3v) is 3.56. The van der Waals surface area contributed by atoms with Crippen molar-refractivity contribution < 1.29 is 19.5 Å². The van der Waals surface area contributed by atoms with Crippen molar-refractivity contribution in [1.29, 1.82) is 0 Å². The van der Waals surface area contributed by atoms with Crippen molar-refractivity contribution in [2.24, 2.45) is 11.7 Å². The molecule has 4 N–H and O–H groups in total. The van der Waals surface area contributed by atoms with Crippen LogP contribution in [-0.4, -0.2) is 28.9 Å². The van der Waals surface area contributed by atoms with Gasteiger partial charge in [-0.1, -0.05) is 12.5 Å². The number of benzene rings is 1. The zero-order chi connectivity index (χ0) is 14.7. The van der Waals surface area contributed by atoms with Crippen LogP contribution in [0.1, 0.15) is 40.0 Å². The number of carboxylic acid groups (broad SMARTS) is 1. The molecule has 0 aliphatic heterocycles. The van der Waals surface area contributed by atoms with Crippen molar-refractivity contribution in [2.45, 2.75) is 25.3 Å². The van der Waals surface area contributed by atoms with Crippen LogP contribution < -0.4 is 11.1 Å². The predicted molar refractivity (Wildman–Crippen MR) is 71.2 cm³/mol. The molecule has 6 heteroatoms. The molecule has 0 spiro atoms. The summed E-state index contributed by atoms with van der Waals surface area (Å²) in [5.41, 5.74) is 5.71. The molecule has 106 valence electrons. The first-order valence-electron chi connectivity index (χ1n) is 6.42. The lowest BCUT2D eigenvalue weighted by atomic mass is 10.0. The highest BCUT2D eigenvalue weighted by molar-refractivity contribution is 5.99. The number of aliphatic carboxylic acids is 1. The van der Waals surface area contributed by atoms with Gasteiger partial charge in [0.2, 0.25) is 5.91 Å². The first-order chi connectivity index (χ1) is 9.49. The second kappa shape index (κ2) is 5.73. The number of amides is 2. The maximum absolute atomic E-state index is 12.1. The van der Waals surface area contributed by atoms with E-state index in [0.29, 0.717) is 18.4 Å². The predicted octanol–water partition coefficient (Wildman–Crippen LogP) is 0.769. The van der Waals surface area contributed by atoms with Gasteiger partial charge in [-0.3, -0.25) is 14.4 Å². The Morgan fingerprint density at radius 3 is 2.55 bits per heavy atom. The zero-order valence-corrected chi connectivity index (χ0v) is 10.8. The maximum atomic E-state index is 12.1. The van der Waals surface area contributed by atoms with Gasteiger partial charge in [0.25, 0.3) is 5.91 Å². The van der Waals surface area contributed by atoms with Gasteiger partial charge in [0.15, 0.2) is 0 Å². The van der Waals surface area contributed by atoms with Gasteiger partial charge < -0.3 is 16.2 Å². The highest BCUT2D eigenvalue weighted by Gasteiger charge is 2.34. The largest absolute Gasteiger partial charge is 0.481 e. The number of rotatable bonds is 4. The van der Waals surface area contributed by atoms with Crippen LogP contribution in [0.3, 0.4) is 0 Å². The molecule has 0 aromatic heterocycles. The number of primary amides is 1. The summed E-state index contributed by atoms with van der Waals surface area (Å²) in [5, 5.41) is 11.8. The maximum Gasteiger partial charge on any atom is 0.308 e. The van der Waals surface area contributed by atoms with Crippen molar-refractivity contribution in [3.8, 4) is 0 Å². The summed E-state index contributed by atoms with van der Waals surface area (Å²) < 4.78 is 0. The Balaban J connectivity index is 2.10. The third kappa shape index (κ3) is 2.96. The number of hydrogen-bond donors (Lipinski definition) is 3. The van der Waals surface area contributed by atoms with Crippen molar-refractivity contribution in [1.82, 2.24) is 5.32 Å². The molecular formula is C14H16N2O4. The number of nitrogens with two attached hydrogens (primary N) is 1. The van der Waals surface area contributed by atoms with E-state index in [9.17, 15) is 14.4 Å². The average molecular weight is 276 g/mol. The van der Waals surface area contributed by atoms with E-state index in [1.807, 2.05) is 0 Å². The van der Waals surface area contributed by atoms with Crippen LogP contribution in [0, 0.1) is 5.92 Å². The number of nitrogens with one attached hydrogen (secondary N) is 1. The molecule has 2 rings (SSSR count). The molecule has 2 unspecified atom stereocenters. The average Bonchev–Trinajstić information content (AvgIpc) is 2.87. The van der Waals surface area contributed by atoms with Gasteiger partial charge in [0, 0.05) is 17.2 Å². The minimum Gasteiger partial charge on any atom is -0.481 e. The van der Waals surface area contributed by atoms with Gasteiger partial charge in [-0.25, -0.2) is 0 Å². The molecule has 0 bridgehead atoms. The summed E-state index contributed by atoms with van der Waals surface area (Å²) in [6.45, 7) is 0. The molecule has 2 atom stereocenters. The van der Waals surface area contributed by atoms with E-state index in [1.165, 1.54) is 12.1 Å². The molecule has 0 saturated heterocycles. The standard InChI is InChI=1S/C14H16N2O4/c15-12(17)8-3-1-4-9(7-8)13(18)16-11-6-2-5-10(11)14(19)20/h1,3-4,7,10-11H,2,5-6H2,(H2,15,17)(H,16,18)(H,19,20). The van der Waals surface area contributed by atoms with E-state index < -0.39 is 17.8 Å². The molecular weight excluding hydrogens is 260 g/mol. The summed E-state index contributed by atoms with van der Waals surface area (Å²) in [6, 6.07) is 5.69. The summed E-state index contributed by atoms with van der Waals surface area (Å²) in [7, 11) is 0. The number of carboxylic acids is 1. The first-order valence-corrected chi connectivity index (χ1v) is 6.42. The van der Waals surface area contributed by atoms with E-state index in [4.69, 9.17) is 10.8 Å². The van der Waals surface area contributed by atoms with Crippen LogP contribution in [0.4, 0.5) is 0 Å². The molecule has 0 radical (unpaired) electrons. The van der Waals surface area contributed by atoms with Crippen LogP contribution in [-0.2, 0) is 4.79 Å². The molecule has 2 amide bonds. The van der Waals surface area contributed by atoms with Crippen LogP contribution in [0.2, 0.25) is 0 Å². The summed E-state index contributed by atoms with van der Waals surface area (Å²) in [6.07, 6.45) is 2.00. The molecule has 1 fully saturated rings. The molecule has 20 heavy (non-hydrogen) atoms. The fourth-order valence-corrected chi connectivity index (χ4v) is 2.49. The van der Waals surface area contributed by atoms with E-state index in [1.54, 1.807) is 12.1 Å². The van der Waals surface area contributed by atoms with E-state index in [2.05, 4.69) is 5.32 Å². The summed E-state index contributed by atoms with van der Waals surface area (Å²) in [5.74, 6) is -2.42. The monoisotopic (exact) mass is 276 g/mol. The molecule has 1 aromatic carbocycles. The number of carbonyl (C=O) groups is 3. The van der Waals surface area contributed by atoms with E-state index >= 15 is 0 Å². The molecule has 0 heterocycles. The Bertz CT molecular complexity index is 556. The Morgan fingerprint density at radius 2 is 1.90 bits per heavy atom. The van der Waals surface area contributed by atoms with Gasteiger partial charge in [-0.2, -0.15) is 0 Å². The quantitative estimate of drug-likeness (QED) is 0.754. The summed E-state index contributed by atoms with van der Waals surface area (Å²) >= 11 is 0. The van der Waals surface area contributed by atoms with Crippen LogP contribution >= 0.6 is 0 Å². The minimum atomic E-state index is -0.890. The smallest absolute Gasteiger partial charge is 0.308 e. The lowest BCUT2D eigenvalue weighted by Crippen LogP contribution is -2.40. The van der Waals surface area contributed by atoms with Crippen molar-refractivity contribution in [2.75, 3.05) is 0 Å². The van der Waals surface area contributed by atoms with Crippen molar-refractivity contribution >= 4 is 17.8 Å². The summed E-state index contributed by atoms with van der Waals surface area (Å²) in [4.78, 5) is 34.2. The second-order valence-corrected chi connectivity index (χ2v) is 4.90. The fraction of sp³-hybridized carbons (Fsp3) is 0.357. The van der Waals surface area contributed by atoms with E-state index in [-0.39, 0.29) is 17.5 Å². The molecule has 1 aliphatic carbocycles. The molecule has 6 nitrogen and oxygen atoms in total. The van der Waals surface area contributed by atoms with Gasteiger partial charge in [0.05, 0.1) is 5.92 Å². The zero-order valence-electron chi connectivity index (χ0n) is 10.8. The lowest BCUT2D eigenvalue weighted by Gasteiger charge is -2.17. The minimum absolute atomic E-state index is 0.249. The fourth-order valence-electron chi connectivity index (χ4n) is 2.49. The Morgan fingerprint density at radius 1 is 1.20 bits per heavy atom. The van der Waals surface area contributed by atoms with Crippen molar-refractivity contribution in [3.05, 3.63) is 35.4 Å². The van der Waals surface area contributed by atoms with Gasteiger partial charge in [-0.15, -0.1) is 0 Å². The highest BCUT2D eigenvalue weighted by Crippen LogP contribution is 2.26. The topological polar surface area (TPSA) is 109 Å². The second-order valence-electron chi connectivity index (χ2n) is 4.90. The molecule has 1 aromatic rings. The lowest BCUT2D eigenvalue weighted by molar-refractivity contribution is -0.142. The Labute approximate surface area is 116 Å².